The van der Waals surface area contributed by atoms with Crippen molar-refractivity contribution in [3.05, 3.63) is 17.1 Å². The van der Waals surface area contributed by atoms with Crippen molar-refractivity contribution in [3.8, 4) is 0 Å². The van der Waals surface area contributed by atoms with Crippen molar-refractivity contribution in [1.29, 1.82) is 0 Å². The summed E-state index contributed by atoms with van der Waals surface area (Å²) in [7, 11) is 0.741. The lowest BCUT2D eigenvalue weighted by atomic mass is 10.1. The lowest BCUT2D eigenvalue weighted by molar-refractivity contribution is 0.576. The molecule has 1 heterocycles. The average molecular weight is 239 g/mol. The molecular weight excluding hydrogens is 213 g/mol. The van der Waals surface area contributed by atoms with E-state index < -0.39 is 0 Å². The maximum atomic E-state index is 4.32. The highest BCUT2D eigenvalue weighted by molar-refractivity contribution is 7.26. The Bertz CT molecular complexity index is 267. The topological polar surface area (TPSA) is 12.9 Å². The summed E-state index contributed by atoms with van der Waals surface area (Å²) in [6.07, 6.45) is 14.6. The van der Waals surface area contributed by atoms with Crippen molar-refractivity contribution in [2.24, 2.45) is 0 Å². The summed E-state index contributed by atoms with van der Waals surface area (Å²) in [6, 6.07) is 0. The van der Waals surface area contributed by atoms with Gasteiger partial charge < -0.3 is 0 Å². The quantitative estimate of drug-likeness (QED) is 0.546. The monoisotopic (exact) mass is 239 g/mol. The summed E-state index contributed by atoms with van der Waals surface area (Å²) >= 11 is 0. The predicted octanol–water partition coefficient (Wildman–Crippen LogP) is 5.10. The van der Waals surface area contributed by atoms with Gasteiger partial charge in [-0.15, -0.1) is 0 Å². The molecule has 0 radical (unpaired) electrons. The molecule has 16 heavy (non-hydrogen) atoms. The summed E-state index contributed by atoms with van der Waals surface area (Å²) in [5, 5.41) is 1.60. The van der Waals surface area contributed by atoms with E-state index in [0.717, 1.165) is 8.35 Å². The lowest BCUT2D eigenvalue weighted by Crippen LogP contribution is -1.85. The summed E-state index contributed by atoms with van der Waals surface area (Å²) in [4.78, 5) is 0. The number of hydrogen-bond acceptors (Lipinski definition) is 1. The fourth-order valence-corrected chi connectivity index (χ4v) is 3.01. The zero-order valence-corrected chi connectivity index (χ0v) is 11.9. The van der Waals surface area contributed by atoms with Gasteiger partial charge in [0.05, 0.1) is 0 Å². The zero-order valence-electron chi connectivity index (χ0n) is 10.9. The smallest absolute Gasteiger partial charge is 0.0342 e. The number of hydrogen-bond donors (Lipinski definition) is 0. The molecule has 0 aliphatic rings. The van der Waals surface area contributed by atoms with Gasteiger partial charge in [0.15, 0.2) is 0 Å². The van der Waals surface area contributed by atoms with Crippen LogP contribution in [0.5, 0.6) is 0 Å². The number of rotatable bonds is 9. The number of aromatic nitrogens is 1. The van der Waals surface area contributed by atoms with Crippen LogP contribution in [0.15, 0.2) is 6.20 Å². The summed E-state index contributed by atoms with van der Waals surface area (Å²) in [5.41, 5.74) is 1.43. The van der Waals surface area contributed by atoms with E-state index in [2.05, 4.69) is 18.6 Å². The molecule has 0 spiro atoms. The van der Waals surface area contributed by atoms with Crippen molar-refractivity contribution >= 4 is 8.35 Å². The summed E-state index contributed by atoms with van der Waals surface area (Å²) in [6.45, 7) is 4.48. The maximum absolute atomic E-state index is 4.32. The molecule has 1 aromatic heterocycles. The Kier molecular flexibility index (Phi) is 7.59. The van der Waals surface area contributed by atoms with Crippen molar-refractivity contribution in [3.63, 3.8) is 0 Å². The van der Waals surface area contributed by atoms with Crippen molar-refractivity contribution in [2.45, 2.75) is 71.6 Å². The number of aryl methyl sites for hydroxylation is 2. The second-order valence-electron chi connectivity index (χ2n) is 4.76. The van der Waals surface area contributed by atoms with E-state index in [4.69, 9.17) is 0 Å². The van der Waals surface area contributed by atoms with Crippen LogP contribution in [-0.2, 0) is 6.42 Å². The van der Waals surface area contributed by atoms with E-state index in [9.17, 15) is 0 Å². The highest BCUT2D eigenvalue weighted by Gasteiger charge is 1.99. The molecule has 92 valence electrons. The summed E-state index contributed by atoms with van der Waals surface area (Å²) in [5.74, 6) is 0. The molecule has 0 saturated heterocycles. The van der Waals surface area contributed by atoms with Crippen LogP contribution in [0.3, 0.4) is 0 Å². The van der Waals surface area contributed by atoms with E-state index in [1.807, 2.05) is 6.20 Å². The molecule has 1 rings (SSSR count). The van der Waals surface area contributed by atoms with Crippen molar-refractivity contribution in [1.82, 2.24) is 4.75 Å². The highest BCUT2D eigenvalue weighted by atomic mass is 31.0. The molecule has 1 atom stereocenters. The van der Waals surface area contributed by atoms with Crippen LogP contribution in [0.4, 0.5) is 0 Å². The van der Waals surface area contributed by atoms with Crippen LogP contribution in [0, 0.1) is 6.92 Å². The molecule has 0 fully saturated rings. The van der Waals surface area contributed by atoms with Crippen molar-refractivity contribution in [2.75, 3.05) is 0 Å². The first-order valence-corrected chi connectivity index (χ1v) is 7.78. The fraction of sp³-hybridized carbons (Fsp3) is 0.786. The first kappa shape index (κ1) is 13.8. The van der Waals surface area contributed by atoms with Gasteiger partial charge in [-0.25, -0.2) is 4.75 Å². The van der Waals surface area contributed by atoms with E-state index in [1.165, 1.54) is 63.4 Å². The molecule has 1 nitrogen and oxygen atoms in total. The minimum absolute atomic E-state index is 0.741. The van der Waals surface area contributed by atoms with Crippen LogP contribution in [0.1, 0.15) is 69.1 Å². The molecule has 1 aromatic rings. The Morgan fingerprint density at radius 2 is 1.62 bits per heavy atom. The fourth-order valence-electron chi connectivity index (χ4n) is 2.06. The molecule has 0 aliphatic heterocycles. The SMILES string of the molecule is CCCCCCCCCCc1[pH]ncc1C. The molecule has 0 N–H and O–H groups in total. The van der Waals surface area contributed by atoms with Crippen LogP contribution < -0.4 is 0 Å². The highest BCUT2D eigenvalue weighted by Crippen LogP contribution is 2.20. The second kappa shape index (κ2) is 8.82. The van der Waals surface area contributed by atoms with E-state index >= 15 is 0 Å². The molecule has 0 amide bonds. The van der Waals surface area contributed by atoms with Gasteiger partial charge in [0, 0.05) is 6.20 Å². The minimum atomic E-state index is 0.741. The van der Waals surface area contributed by atoms with Gasteiger partial charge in [0.1, 0.15) is 0 Å². The van der Waals surface area contributed by atoms with E-state index in [1.54, 1.807) is 5.30 Å². The third-order valence-electron chi connectivity index (χ3n) is 3.21. The Balaban J connectivity index is 1.91. The van der Waals surface area contributed by atoms with Crippen LogP contribution in [-0.4, -0.2) is 4.75 Å². The van der Waals surface area contributed by atoms with Gasteiger partial charge in [0.2, 0.25) is 0 Å². The molecule has 1 unspecified atom stereocenters. The van der Waals surface area contributed by atoms with Crippen molar-refractivity contribution < 1.29 is 0 Å². The molecule has 0 saturated carbocycles. The standard InChI is InChI=1S/C14H26NP/c1-3-4-5-6-7-8-9-10-11-14-13(2)12-15-16-14/h12,16H,3-11H2,1-2H3. The Morgan fingerprint density at radius 1 is 1.00 bits per heavy atom. The molecule has 0 aromatic carbocycles. The van der Waals surface area contributed by atoms with Gasteiger partial charge in [-0.2, -0.15) is 0 Å². The average Bonchev–Trinajstić information content (AvgIpc) is 2.68. The first-order valence-electron chi connectivity index (χ1n) is 6.83. The Hall–Kier alpha value is -0.290. The van der Waals surface area contributed by atoms with Gasteiger partial charge in [-0.1, -0.05) is 51.9 Å². The first-order chi connectivity index (χ1) is 7.84. The van der Waals surface area contributed by atoms with E-state index in [0.29, 0.717) is 0 Å². The van der Waals surface area contributed by atoms with Crippen LogP contribution >= 0.6 is 8.35 Å². The van der Waals surface area contributed by atoms with E-state index in [-0.39, 0.29) is 0 Å². The third kappa shape index (κ3) is 5.70. The van der Waals surface area contributed by atoms with Gasteiger partial charge >= 0.3 is 0 Å². The number of unbranched alkanes of at least 4 members (excludes halogenated alkanes) is 7. The normalized spacial score (nSPS) is 11.4. The molecular formula is C14H26NP. The largest absolute Gasteiger partial charge is 0.248 e. The Labute approximate surface area is 102 Å². The number of nitrogens with zero attached hydrogens (tertiary/aromatic N) is 1. The van der Waals surface area contributed by atoms with Crippen LogP contribution in [0.2, 0.25) is 0 Å². The molecule has 2 heteroatoms. The lowest BCUT2D eigenvalue weighted by Gasteiger charge is -2.01. The Morgan fingerprint density at radius 3 is 2.19 bits per heavy atom. The van der Waals surface area contributed by atoms with Gasteiger partial charge in [-0.3, -0.25) is 0 Å². The minimum Gasteiger partial charge on any atom is -0.248 e. The van der Waals surface area contributed by atoms with Gasteiger partial charge in [-0.05, 0) is 39.0 Å². The summed E-state index contributed by atoms with van der Waals surface area (Å²) < 4.78 is 4.32. The third-order valence-corrected chi connectivity index (χ3v) is 4.39. The predicted molar refractivity (Wildman–Crippen MR) is 74.8 cm³/mol. The maximum Gasteiger partial charge on any atom is 0.0342 e. The zero-order chi connectivity index (χ0) is 11.6. The molecule has 0 bridgehead atoms. The second-order valence-corrected chi connectivity index (χ2v) is 5.84. The molecule has 0 aliphatic carbocycles. The van der Waals surface area contributed by atoms with Crippen LogP contribution in [0.25, 0.3) is 0 Å². The van der Waals surface area contributed by atoms with Gasteiger partial charge in [0.25, 0.3) is 0 Å².